The molecule has 9 aliphatic carbocycles. The number of halogens is 6. The van der Waals surface area contributed by atoms with E-state index in [-0.39, 0.29) is 24.0 Å². The second-order valence-electron chi connectivity index (χ2n) is 30.0. The summed E-state index contributed by atoms with van der Waals surface area (Å²) < 4.78 is 0. The SMILES string of the molecule is C=C1[C@H](C)CC(=C/C=C2\CCC[C@]3(C)[C@@H](C(C)C)CC[C@@H]23)C[C@H]1C.CC1[C@H](C)CC(=C/C=C2\CCC[C@]3(C)[C@@H](C(C)C)CC[C@@H]23)C[C@H]1C.CC1[C@H](C)CC(=C/C=C2\CCC[C@]3(C)[C@@H](C(C)C)CC[C@@H]23)C[C@H]1C.I.II.I[I-]I. The van der Waals surface area contributed by atoms with Crippen molar-refractivity contribution >= 4 is 98.4 Å². The predicted octanol–water partition coefficient (Wildman–Crippen LogP) is 23.3. The molecule has 450 valence electrons. The summed E-state index contributed by atoms with van der Waals surface area (Å²) in [5.41, 5.74) is 13.6. The maximum absolute atomic E-state index is 4.30. The van der Waals surface area contributed by atoms with Crippen LogP contribution in [-0.2, 0) is 0 Å². The Morgan fingerprint density at radius 3 is 0.923 bits per heavy atom. The molecule has 0 radical (unpaired) electrons. The van der Waals surface area contributed by atoms with Gasteiger partial charge in [0.15, 0.2) is 0 Å². The molecule has 0 aromatic rings. The number of allylic oxidation sites excluding steroid dienone is 13. The van der Waals surface area contributed by atoms with Crippen LogP contribution >= 0.6 is 98.4 Å². The summed E-state index contributed by atoms with van der Waals surface area (Å²) in [6.07, 6.45) is 44.4. The Labute approximate surface area is 555 Å². The molecule has 0 N–H and O–H groups in total. The Hall–Kier alpha value is 2.56. The van der Waals surface area contributed by atoms with Crippen molar-refractivity contribution in [1.82, 2.24) is 0 Å². The summed E-state index contributed by atoms with van der Waals surface area (Å²) in [4.78, 5) is 0. The van der Waals surface area contributed by atoms with Crippen molar-refractivity contribution in [1.29, 1.82) is 0 Å². The first-order chi connectivity index (χ1) is 36.4. The Balaban J connectivity index is 0.000000240. The van der Waals surface area contributed by atoms with E-state index in [1.165, 1.54) is 140 Å². The number of hydrogen-bond donors (Lipinski definition) is 0. The van der Waals surface area contributed by atoms with Gasteiger partial charge in [-0.25, -0.2) is 0 Å². The Morgan fingerprint density at radius 1 is 0.436 bits per heavy atom. The van der Waals surface area contributed by atoms with Crippen LogP contribution in [0.2, 0.25) is 0 Å². The fourth-order valence-corrected chi connectivity index (χ4v) is 19.5. The number of hydrogen-bond acceptors (Lipinski definition) is 0. The van der Waals surface area contributed by atoms with Crippen LogP contribution in [-0.4, -0.2) is 0 Å². The molecule has 0 aromatic heterocycles. The van der Waals surface area contributed by atoms with Gasteiger partial charge in [0.25, 0.3) is 0 Å². The third kappa shape index (κ3) is 18.1. The minimum atomic E-state index is 0. The molecule has 0 amide bonds. The van der Waals surface area contributed by atoms with Gasteiger partial charge in [-0.3, -0.25) is 0 Å². The van der Waals surface area contributed by atoms with Crippen LogP contribution in [0.15, 0.2) is 82.0 Å². The average molecular weight is 1750 g/mol. The van der Waals surface area contributed by atoms with E-state index in [2.05, 4.69) is 235 Å². The zero-order valence-electron chi connectivity index (χ0n) is 53.1. The summed E-state index contributed by atoms with van der Waals surface area (Å²) in [6, 6.07) is 0. The molecule has 9 saturated carbocycles. The summed E-state index contributed by atoms with van der Waals surface area (Å²) in [6.45, 7) is 46.2. The van der Waals surface area contributed by atoms with Crippen LogP contribution in [0.5, 0.6) is 0 Å². The molecule has 9 aliphatic rings. The van der Waals surface area contributed by atoms with Crippen LogP contribution in [0.4, 0.5) is 0 Å². The summed E-state index contributed by atoms with van der Waals surface area (Å²) >= 11 is 9.54. The van der Waals surface area contributed by atoms with Gasteiger partial charge in [0.2, 0.25) is 0 Å². The fourth-order valence-electron chi connectivity index (χ4n) is 19.5. The molecule has 15 atom stereocenters. The summed E-state index contributed by atoms with van der Waals surface area (Å²) in [5.74, 6) is 14.4. The van der Waals surface area contributed by atoms with Crippen molar-refractivity contribution in [3.8, 4) is 0 Å². The van der Waals surface area contributed by atoms with Crippen LogP contribution in [0, 0.1) is 117 Å². The van der Waals surface area contributed by atoms with Crippen LogP contribution in [0.25, 0.3) is 0 Å². The maximum atomic E-state index is 4.30. The summed E-state index contributed by atoms with van der Waals surface area (Å²) in [7, 11) is 0. The van der Waals surface area contributed by atoms with E-state index in [0.29, 0.717) is 41.3 Å². The Morgan fingerprint density at radius 2 is 0.679 bits per heavy atom. The zero-order chi connectivity index (χ0) is 57.2. The monoisotopic (exact) mass is 1750 g/mol. The van der Waals surface area contributed by atoms with Crippen LogP contribution in [0.1, 0.15) is 253 Å². The van der Waals surface area contributed by atoms with Crippen LogP contribution < -0.4 is 13.3 Å². The van der Waals surface area contributed by atoms with E-state index in [9.17, 15) is 0 Å². The first-order valence-corrected chi connectivity index (χ1v) is 51.1. The van der Waals surface area contributed by atoms with Gasteiger partial charge in [-0.15, -0.1) is 24.0 Å². The van der Waals surface area contributed by atoms with Gasteiger partial charge in [0.1, 0.15) is 0 Å². The molecule has 0 saturated heterocycles. The second-order valence-corrected chi connectivity index (χ2v) is 46.2. The van der Waals surface area contributed by atoms with Crippen molar-refractivity contribution in [2.75, 3.05) is 0 Å². The van der Waals surface area contributed by atoms with Crippen molar-refractivity contribution in [2.24, 2.45) is 117 Å². The van der Waals surface area contributed by atoms with E-state index >= 15 is 0 Å². The molecule has 0 aliphatic heterocycles. The molecule has 9 fully saturated rings. The quantitative estimate of drug-likeness (QED) is 0.184. The van der Waals surface area contributed by atoms with Crippen molar-refractivity contribution in [3.05, 3.63) is 82.0 Å². The Bertz CT molecular complexity index is 1930. The van der Waals surface area contributed by atoms with Gasteiger partial charge < -0.3 is 0 Å². The third-order valence-electron chi connectivity index (χ3n) is 24.5. The topological polar surface area (TPSA) is 0 Å². The van der Waals surface area contributed by atoms with Gasteiger partial charge in [-0.2, -0.15) is 0 Å². The molecule has 0 bridgehead atoms. The van der Waals surface area contributed by atoms with Gasteiger partial charge in [0, 0.05) is 37.2 Å². The standard InChI is InChI=1S/2C24H40.C24H38.I3.I2.HI/c3*1-16(2)22-11-12-23-21(8-7-13-24(22,23)6)10-9-20-14-17(3)19(5)18(4)15-20;1-3-2;1-2;/h2*9-10,16-19,22-23H,7-8,11-15H2,1-6H3;9-10,16-18,22-23H,5,7-8,11-15H2,1-4,6H3;;;1H/q;;;-1;;/b2*20-9?,21-10+;21-10+;;;/t2*17-,18-,19?,22-,23+,24-;17-,18-,22-,23+,24-;;;/m111.../s1. The fraction of sp³-hybridized carbons (Fsp3) is 0.806. The zero-order valence-corrected chi connectivity index (χ0v) is 66.3. The molecule has 0 unspecified atom stereocenters. The first-order valence-electron chi connectivity index (χ1n) is 32.2. The first kappa shape index (κ1) is 73.0. The van der Waals surface area contributed by atoms with Crippen LogP contribution in [0.3, 0.4) is 0 Å². The molecular formula is C72H119I6-. The average Bonchev–Trinajstić information content (AvgIpc) is 4.15. The molecule has 0 nitrogen and oxygen atoms in total. The minimum absolute atomic E-state index is 0. The normalized spacial score (nSPS) is 40.8. The molecule has 78 heavy (non-hydrogen) atoms. The van der Waals surface area contributed by atoms with Crippen molar-refractivity contribution in [2.45, 2.75) is 253 Å². The Kier molecular flexibility index (Phi) is 31.6. The van der Waals surface area contributed by atoms with Gasteiger partial charge in [0.05, 0.1) is 0 Å². The van der Waals surface area contributed by atoms with E-state index in [1.807, 2.05) is 0 Å². The molecule has 0 heterocycles. The molecule has 0 spiro atoms. The van der Waals surface area contributed by atoms with E-state index in [0.717, 1.165) is 88.8 Å². The molecule has 6 heteroatoms. The predicted molar refractivity (Wildman–Crippen MR) is 389 cm³/mol. The van der Waals surface area contributed by atoms with E-state index < -0.39 is 0 Å². The van der Waals surface area contributed by atoms with Gasteiger partial charge in [-0.1, -0.05) is 200 Å². The third-order valence-corrected chi connectivity index (χ3v) is 24.5. The molecular weight excluding hydrogens is 1630 g/mol. The van der Waals surface area contributed by atoms with Gasteiger partial charge >= 0.3 is 50.5 Å². The van der Waals surface area contributed by atoms with Gasteiger partial charge in [-0.05, 0) is 252 Å². The summed E-state index contributed by atoms with van der Waals surface area (Å²) in [5, 5.41) is 0. The second kappa shape index (κ2) is 33.8. The molecule has 0 aromatic carbocycles. The number of rotatable bonds is 6. The van der Waals surface area contributed by atoms with E-state index in [4.69, 9.17) is 0 Å². The van der Waals surface area contributed by atoms with E-state index in [1.54, 1.807) is 33.4 Å². The van der Waals surface area contributed by atoms with Crippen molar-refractivity contribution in [3.63, 3.8) is 0 Å². The van der Waals surface area contributed by atoms with Crippen molar-refractivity contribution < 1.29 is 13.3 Å². The number of fused-ring (bicyclic) bond motifs is 3. The molecule has 9 rings (SSSR count).